The van der Waals surface area contributed by atoms with Gasteiger partial charge >= 0.3 is 0 Å². The highest BCUT2D eigenvalue weighted by Crippen LogP contribution is 2.45. The maximum absolute atomic E-state index is 6.66. The van der Waals surface area contributed by atoms with Gasteiger partial charge in [0.25, 0.3) is 0 Å². The van der Waals surface area contributed by atoms with Crippen molar-refractivity contribution in [1.82, 2.24) is 15.0 Å². The second-order valence-corrected chi connectivity index (χ2v) is 16.2. The number of hydrogen-bond donors (Lipinski definition) is 0. The molecule has 0 atom stereocenters. The molecule has 0 fully saturated rings. The minimum Gasteiger partial charge on any atom is -0.455 e. The minimum atomic E-state index is 0.667. The monoisotopic (exact) mass is 783 g/mol. The molecule has 4 nitrogen and oxygen atoms in total. The van der Waals surface area contributed by atoms with Crippen molar-refractivity contribution in [1.29, 1.82) is 0 Å². The molecule has 0 N–H and O–H groups in total. The van der Waals surface area contributed by atoms with E-state index < -0.39 is 0 Å². The molecule has 0 aliphatic rings. The number of nitrogens with zero attached hydrogens (tertiary/aromatic N) is 3. The highest BCUT2D eigenvalue weighted by atomic mass is 32.1. The number of thiophene rings is 1. The Balaban J connectivity index is 1.13. The number of fused-ring (bicyclic) bond motifs is 8. The Kier molecular flexibility index (Phi) is 8.00. The summed E-state index contributed by atoms with van der Waals surface area (Å²) in [5.74, 6) is 0.667. The second-order valence-electron chi connectivity index (χ2n) is 15.1. The quantitative estimate of drug-likeness (QED) is 0.169. The summed E-state index contributed by atoms with van der Waals surface area (Å²) >= 11 is 1.84. The predicted octanol–water partition coefficient (Wildman–Crippen LogP) is 15.3. The molecular formula is C55H33N3OS. The average molecular weight is 784 g/mol. The van der Waals surface area contributed by atoms with E-state index in [0.717, 1.165) is 83.3 Å². The summed E-state index contributed by atoms with van der Waals surface area (Å²) in [6.07, 6.45) is 0. The zero-order valence-corrected chi connectivity index (χ0v) is 33.0. The number of hydrogen-bond acceptors (Lipinski definition) is 5. The third-order valence-electron chi connectivity index (χ3n) is 11.5. The van der Waals surface area contributed by atoms with E-state index in [-0.39, 0.29) is 0 Å². The Morgan fingerprint density at radius 3 is 1.80 bits per heavy atom. The highest BCUT2D eigenvalue weighted by Gasteiger charge is 2.21. The van der Waals surface area contributed by atoms with Crippen LogP contribution < -0.4 is 0 Å². The number of rotatable bonds is 6. The molecule has 0 bridgehead atoms. The zero-order chi connectivity index (χ0) is 39.6. The van der Waals surface area contributed by atoms with Crippen molar-refractivity contribution in [3.8, 4) is 67.4 Å². The number of furan rings is 1. The van der Waals surface area contributed by atoms with Crippen molar-refractivity contribution in [3.05, 3.63) is 200 Å². The fourth-order valence-electron chi connectivity index (χ4n) is 8.58. The van der Waals surface area contributed by atoms with E-state index in [9.17, 15) is 0 Å². The molecule has 8 aromatic carbocycles. The van der Waals surface area contributed by atoms with Crippen LogP contribution in [0.15, 0.2) is 205 Å². The van der Waals surface area contributed by atoms with Gasteiger partial charge in [0.2, 0.25) is 0 Å². The van der Waals surface area contributed by atoms with Crippen LogP contribution in [0.1, 0.15) is 0 Å². The fraction of sp³-hybridized carbons (Fsp3) is 0. The van der Waals surface area contributed by atoms with Crippen LogP contribution in [-0.2, 0) is 0 Å². The van der Waals surface area contributed by atoms with Gasteiger partial charge in [-0.05, 0) is 70.8 Å². The fourth-order valence-corrected chi connectivity index (χ4v) is 9.82. The van der Waals surface area contributed by atoms with Gasteiger partial charge < -0.3 is 4.42 Å². The van der Waals surface area contributed by atoms with Gasteiger partial charge in [0.1, 0.15) is 11.2 Å². The molecule has 0 unspecified atom stereocenters. The van der Waals surface area contributed by atoms with Crippen LogP contribution >= 0.6 is 11.3 Å². The maximum atomic E-state index is 6.66. The van der Waals surface area contributed by atoms with Gasteiger partial charge in [0.15, 0.2) is 5.82 Å². The number of para-hydroxylation sites is 2. The molecule has 0 aliphatic carbocycles. The largest absolute Gasteiger partial charge is 0.455 e. The average Bonchev–Trinajstić information content (AvgIpc) is 3.91. The van der Waals surface area contributed by atoms with Crippen molar-refractivity contribution < 1.29 is 4.42 Å². The van der Waals surface area contributed by atoms with E-state index in [0.29, 0.717) is 5.82 Å². The topological polar surface area (TPSA) is 51.8 Å². The van der Waals surface area contributed by atoms with Crippen LogP contribution in [0, 0.1) is 0 Å². The van der Waals surface area contributed by atoms with Gasteiger partial charge in [-0.2, -0.15) is 0 Å². The van der Waals surface area contributed by atoms with Crippen LogP contribution in [0.5, 0.6) is 0 Å². The van der Waals surface area contributed by atoms with Gasteiger partial charge in [0, 0.05) is 53.2 Å². The van der Waals surface area contributed by atoms with Gasteiger partial charge in [-0.25, -0.2) is 15.0 Å². The molecule has 12 rings (SSSR count). The van der Waals surface area contributed by atoms with E-state index in [1.807, 2.05) is 59.9 Å². The maximum Gasteiger partial charge on any atom is 0.160 e. The molecule has 4 aromatic heterocycles. The molecule has 0 amide bonds. The van der Waals surface area contributed by atoms with Crippen LogP contribution in [0.2, 0.25) is 0 Å². The molecule has 0 saturated heterocycles. The molecule has 280 valence electrons. The summed E-state index contributed by atoms with van der Waals surface area (Å²) < 4.78 is 9.17. The van der Waals surface area contributed by atoms with Crippen molar-refractivity contribution in [3.63, 3.8) is 0 Å². The lowest BCUT2D eigenvalue weighted by Crippen LogP contribution is -1.97. The van der Waals surface area contributed by atoms with E-state index >= 15 is 0 Å². The van der Waals surface area contributed by atoms with Gasteiger partial charge in [-0.15, -0.1) is 11.3 Å². The first-order valence-electron chi connectivity index (χ1n) is 20.1. The first-order chi connectivity index (χ1) is 29.7. The summed E-state index contributed by atoms with van der Waals surface area (Å²) in [5, 5.41) is 5.55. The zero-order valence-electron chi connectivity index (χ0n) is 32.2. The van der Waals surface area contributed by atoms with Crippen molar-refractivity contribution in [2.24, 2.45) is 0 Å². The van der Waals surface area contributed by atoms with E-state index in [4.69, 9.17) is 19.4 Å². The normalized spacial score (nSPS) is 11.7. The van der Waals surface area contributed by atoms with Gasteiger partial charge in [-0.3, -0.25) is 0 Å². The van der Waals surface area contributed by atoms with Crippen molar-refractivity contribution in [2.45, 2.75) is 0 Å². The van der Waals surface area contributed by atoms with E-state index in [1.54, 1.807) is 0 Å². The third kappa shape index (κ3) is 5.78. The van der Waals surface area contributed by atoms with Gasteiger partial charge in [0.05, 0.1) is 28.0 Å². The smallest absolute Gasteiger partial charge is 0.160 e. The Bertz CT molecular complexity index is 3590. The molecule has 5 heteroatoms. The standard InChI is InChI=1S/C55H33N3OS/c1-3-14-34(15-4-1)35-26-28-36(29-27-35)47-33-48(58-55(57-47)37-16-5-2-6-17-37)39-30-38(41-21-13-22-43-42-18-9-12-25-50(42)60-54(41)43)31-40(32-39)52-51-45-20-8-11-24-49(45)59-53(51)44-19-7-10-23-46(44)56-52/h1-33H. The number of pyridine rings is 1. The first-order valence-corrected chi connectivity index (χ1v) is 20.9. The number of benzene rings is 8. The Morgan fingerprint density at radius 2 is 0.983 bits per heavy atom. The predicted molar refractivity (Wildman–Crippen MR) is 250 cm³/mol. The summed E-state index contributed by atoms with van der Waals surface area (Å²) in [7, 11) is 0. The molecule has 0 aliphatic heterocycles. The van der Waals surface area contributed by atoms with Crippen molar-refractivity contribution >= 4 is 64.4 Å². The summed E-state index contributed by atoms with van der Waals surface area (Å²) in [5.41, 5.74) is 13.6. The second kappa shape index (κ2) is 14.0. The Hall–Kier alpha value is -7.73. The molecule has 4 heterocycles. The van der Waals surface area contributed by atoms with Gasteiger partial charge in [-0.1, -0.05) is 152 Å². The molecule has 0 spiro atoms. The van der Waals surface area contributed by atoms with Crippen molar-refractivity contribution in [2.75, 3.05) is 0 Å². The molecule has 0 radical (unpaired) electrons. The molecular weight excluding hydrogens is 751 g/mol. The van der Waals surface area contributed by atoms with E-state index in [2.05, 4.69) is 152 Å². The summed E-state index contributed by atoms with van der Waals surface area (Å²) in [6, 6.07) is 70.2. The lowest BCUT2D eigenvalue weighted by atomic mass is 9.93. The summed E-state index contributed by atoms with van der Waals surface area (Å²) in [4.78, 5) is 16.0. The minimum absolute atomic E-state index is 0.667. The highest BCUT2D eigenvalue weighted by molar-refractivity contribution is 7.26. The summed E-state index contributed by atoms with van der Waals surface area (Å²) in [6.45, 7) is 0. The van der Waals surface area contributed by atoms with Crippen LogP contribution in [-0.4, -0.2) is 15.0 Å². The lowest BCUT2D eigenvalue weighted by molar-refractivity contribution is 0.672. The molecule has 0 saturated carbocycles. The van der Waals surface area contributed by atoms with Crippen LogP contribution in [0.4, 0.5) is 0 Å². The molecule has 60 heavy (non-hydrogen) atoms. The molecule has 12 aromatic rings. The number of aromatic nitrogens is 3. The van der Waals surface area contributed by atoms with E-state index in [1.165, 1.54) is 31.3 Å². The first kappa shape index (κ1) is 34.3. The van der Waals surface area contributed by atoms with Crippen LogP contribution in [0.3, 0.4) is 0 Å². The third-order valence-corrected chi connectivity index (χ3v) is 12.7. The van der Waals surface area contributed by atoms with Crippen LogP contribution in [0.25, 0.3) is 120 Å². The Morgan fingerprint density at radius 1 is 0.383 bits per heavy atom. The Labute approximate surface area is 349 Å². The SMILES string of the molecule is c1ccc(-c2ccc(-c3cc(-c4cc(-c5cccc6c5sc5ccccc56)cc(-c5nc6ccccc6c6oc7ccccc7c56)c4)nc(-c4ccccc4)n3)cc2)cc1. The lowest BCUT2D eigenvalue weighted by Gasteiger charge is -2.14.